The summed E-state index contributed by atoms with van der Waals surface area (Å²) in [5.41, 5.74) is 1.13. The molecule has 1 rings (SSSR count). The van der Waals surface area contributed by atoms with Crippen LogP contribution in [0.1, 0.15) is 23.1 Å². The number of carbonyl (C=O) groups excluding carboxylic acids is 1. The number of ether oxygens (including phenoxy) is 1. The Morgan fingerprint density at radius 2 is 2.21 bits per heavy atom. The van der Waals surface area contributed by atoms with Crippen LogP contribution in [0.25, 0.3) is 0 Å². The smallest absolute Gasteiger partial charge is 0.323 e. The van der Waals surface area contributed by atoms with Gasteiger partial charge in [-0.3, -0.25) is 14.3 Å². The molecule has 0 bridgehead atoms. The number of rotatable bonds is 7. The van der Waals surface area contributed by atoms with E-state index in [0.717, 1.165) is 5.69 Å². The van der Waals surface area contributed by atoms with Gasteiger partial charge in [0.15, 0.2) is 0 Å². The van der Waals surface area contributed by atoms with Crippen molar-refractivity contribution >= 4 is 11.9 Å². The van der Waals surface area contributed by atoms with E-state index >= 15 is 0 Å². The molecule has 0 fully saturated rings. The average Bonchev–Trinajstić information content (AvgIpc) is 2.74. The van der Waals surface area contributed by atoms with Gasteiger partial charge in [0, 0.05) is 20.2 Å². The van der Waals surface area contributed by atoms with Crippen molar-refractivity contribution in [2.75, 3.05) is 26.8 Å². The molecule has 1 heterocycles. The van der Waals surface area contributed by atoms with Crippen molar-refractivity contribution in [1.29, 1.82) is 0 Å². The molecule has 0 aliphatic rings. The van der Waals surface area contributed by atoms with E-state index < -0.39 is 5.97 Å². The maximum Gasteiger partial charge on any atom is 0.323 e. The van der Waals surface area contributed by atoms with Gasteiger partial charge in [-0.1, -0.05) is 0 Å². The molecule has 0 aliphatic heterocycles. The van der Waals surface area contributed by atoms with Gasteiger partial charge < -0.3 is 14.7 Å². The molecule has 7 nitrogen and oxygen atoms in total. The Morgan fingerprint density at radius 3 is 2.74 bits per heavy atom. The summed E-state index contributed by atoms with van der Waals surface area (Å²) in [5, 5.41) is 13.0. The number of carbonyl (C=O) groups is 2. The third-order valence-electron chi connectivity index (χ3n) is 2.60. The number of carboxylic acid groups (broad SMARTS) is 1. The topological polar surface area (TPSA) is 84.7 Å². The molecule has 7 heteroatoms. The molecule has 1 N–H and O–H groups in total. The number of aromatic nitrogens is 2. The second kappa shape index (κ2) is 6.89. The summed E-state index contributed by atoms with van der Waals surface area (Å²) in [6.07, 6.45) is 0. The lowest BCUT2D eigenvalue weighted by Crippen LogP contribution is -2.39. The van der Waals surface area contributed by atoms with Gasteiger partial charge in [0.1, 0.15) is 12.2 Å². The number of aryl methyl sites for hydroxylation is 2. The molecule has 0 spiro atoms. The van der Waals surface area contributed by atoms with Crippen molar-refractivity contribution in [3.8, 4) is 0 Å². The Bertz CT molecular complexity index is 456. The van der Waals surface area contributed by atoms with Crippen LogP contribution in [0.2, 0.25) is 0 Å². The van der Waals surface area contributed by atoms with E-state index in [1.54, 1.807) is 17.7 Å². The van der Waals surface area contributed by atoms with Crippen LogP contribution in [-0.2, 0) is 16.1 Å². The lowest BCUT2D eigenvalue weighted by Gasteiger charge is -2.20. The standard InChI is InChI=1S/C12H19N3O4/c1-4-15-10(7-9(2)13-15)12(18)14(5-6-19-3)8-11(16)17/h7H,4-6,8H2,1-3H3,(H,16,17). The van der Waals surface area contributed by atoms with Crippen molar-refractivity contribution in [2.24, 2.45) is 0 Å². The van der Waals surface area contributed by atoms with E-state index in [9.17, 15) is 9.59 Å². The van der Waals surface area contributed by atoms with E-state index in [1.807, 2.05) is 6.92 Å². The first-order valence-electron chi connectivity index (χ1n) is 6.04. The molecule has 0 unspecified atom stereocenters. The molecule has 0 saturated carbocycles. The zero-order valence-electron chi connectivity index (χ0n) is 11.4. The fourth-order valence-electron chi connectivity index (χ4n) is 1.74. The van der Waals surface area contributed by atoms with Gasteiger partial charge in [-0.15, -0.1) is 0 Å². The minimum atomic E-state index is -1.05. The molecule has 0 radical (unpaired) electrons. The first kappa shape index (κ1) is 15.2. The number of hydrogen-bond donors (Lipinski definition) is 1. The minimum Gasteiger partial charge on any atom is -0.480 e. The number of aliphatic carboxylic acids is 1. The van der Waals surface area contributed by atoms with Gasteiger partial charge >= 0.3 is 5.97 Å². The summed E-state index contributed by atoms with van der Waals surface area (Å²) in [6, 6.07) is 1.66. The Kier molecular flexibility index (Phi) is 5.50. The summed E-state index contributed by atoms with van der Waals surface area (Å²) in [5.74, 6) is -1.40. The van der Waals surface area contributed by atoms with Gasteiger partial charge in [-0.2, -0.15) is 5.10 Å². The quantitative estimate of drug-likeness (QED) is 0.773. The monoisotopic (exact) mass is 269 g/mol. The lowest BCUT2D eigenvalue weighted by atomic mass is 10.3. The SMILES string of the molecule is CCn1nc(C)cc1C(=O)N(CCOC)CC(=O)O. The molecule has 1 aromatic heterocycles. The van der Waals surface area contributed by atoms with Crippen molar-refractivity contribution < 1.29 is 19.4 Å². The van der Waals surface area contributed by atoms with Crippen LogP contribution in [0, 0.1) is 6.92 Å². The van der Waals surface area contributed by atoms with E-state index in [-0.39, 0.29) is 25.6 Å². The van der Waals surface area contributed by atoms with E-state index in [2.05, 4.69) is 5.10 Å². The molecule has 0 atom stereocenters. The number of amides is 1. The zero-order chi connectivity index (χ0) is 14.4. The largest absolute Gasteiger partial charge is 0.480 e. The van der Waals surface area contributed by atoms with Crippen LogP contribution in [0.3, 0.4) is 0 Å². The van der Waals surface area contributed by atoms with Gasteiger partial charge in [0.2, 0.25) is 0 Å². The molecule has 106 valence electrons. The van der Waals surface area contributed by atoms with Gasteiger partial charge in [-0.05, 0) is 19.9 Å². The summed E-state index contributed by atoms with van der Waals surface area (Å²) in [4.78, 5) is 24.4. The Morgan fingerprint density at radius 1 is 1.53 bits per heavy atom. The van der Waals surface area contributed by atoms with Crippen molar-refractivity contribution in [3.63, 3.8) is 0 Å². The maximum atomic E-state index is 12.3. The highest BCUT2D eigenvalue weighted by atomic mass is 16.5. The zero-order valence-corrected chi connectivity index (χ0v) is 11.4. The van der Waals surface area contributed by atoms with Crippen LogP contribution >= 0.6 is 0 Å². The predicted molar refractivity (Wildman–Crippen MR) is 68.1 cm³/mol. The van der Waals surface area contributed by atoms with Crippen LogP contribution in [-0.4, -0.2) is 58.5 Å². The number of methoxy groups -OCH3 is 1. The van der Waals surface area contributed by atoms with Crippen LogP contribution in [0.5, 0.6) is 0 Å². The lowest BCUT2D eigenvalue weighted by molar-refractivity contribution is -0.137. The maximum absolute atomic E-state index is 12.3. The average molecular weight is 269 g/mol. The first-order valence-corrected chi connectivity index (χ1v) is 6.04. The fraction of sp³-hybridized carbons (Fsp3) is 0.583. The van der Waals surface area contributed by atoms with Crippen molar-refractivity contribution in [2.45, 2.75) is 20.4 Å². The second-order valence-electron chi connectivity index (χ2n) is 4.10. The highest BCUT2D eigenvalue weighted by Gasteiger charge is 2.22. The van der Waals surface area contributed by atoms with E-state index in [4.69, 9.17) is 9.84 Å². The number of carboxylic acids is 1. The van der Waals surface area contributed by atoms with Gasteiger partial charge in [0.25, 0.3) is 5.91 Å². The molecular weight excluding hydrogens is 250 g/mol. The molecule has 0 saturated heterocycles. The Labute approximate surface area is 111 Å². The van der Waals surface area contributed by atoms with Gasteiger partial charge in [0.05, 0.1) is 12.3 Å². The summed E-state index contributed by atoms with van der Waals surface area (Å²) in [7, 11) is 1.50. The van der Waals surface area contributed by atoms with Crippen LogP contribution in [0.15, 0.2) is 6.07 Å². The number of nitrogens with zero attached hydrogens (tertiary/aromatic N) is 3. The summed E-state index contributed by atoms with van der Waals surface area (Å²) in [6.45, 7) is 4.39. The molecular formula is C12H19N3O4. The summed E-state index contributed by atoms with van der Waals surface area (Å²) >= 11 is 0. The van der Waals surface area contributed by atoms with Crippen LogP contribution in [0.4, 0.5) is 0 Å². The van der Waals surface area contributed by atoms with Crippen molar-refractivity contribution in [1.82, 2.24) is 14.7 Å². The molecule has 1 aromatic rings. The fourth-order valence-corrected chi connectivity index (χ4v) is 1.74. The Hall–Kier alpha value is -1.89. The molecule has 0 aliphatic carbocycles. The number of hydrogen-bond acceptors (Lipinski definition) is 4. The third-order valence-corrected chi connectivity index (χ3v) is 2.60. The second-order valence-corrected chi connectivity index (χ2v) is 4.10. The minimum absolute atomic E-state index is 0.232. The van der Waals surface area contributed by atoms with Crippen LogP contribution < -0.4 is 0 Å². The molecule has 0 aromatic carbocycles. The Balaban J connectivity index is 2.93. The van der Waals surface area contributed by atoms with Crippen molar-refractivity contribution in [3.05, 3.63) is 17.5 Å². The third kappa shape index (κ3) is 4.06. The van der Waals surface area contributed by atoms with E-state index in [0.29, 0.717) is 12.2 Å². The van der Waals surface area contributed by atoms with Gasteiger partial charge in [-0.25, -0.2) is 0 Å². The predicted octanol–water partition coefficient (Wildman–Crippen LogP) is 0.385. The highest BCUT2D eigenvalue weighted by molar-refractivity contribution is 5.94. The highest BCUT2D eigenvalue weighted by Crippen LogP contribution is 2.08. The van der Waals surface area contributed by atoms with E-state index in [1.165, 1.54) is 12.0 Å². The first-order chi connectivity index (χ1) is 8.99. The summed E-state index contributed by atoms with van der Waals surface area (Å²) < 4.78 is 6.46. The normalized spacial score (nSPS) is 10.5. The molecule has 19 heavy (non-hydrogen) atoms. The molecule has 1 amide bonds.